The maximum atomic E-state index is 6.22. The summed E-state index contributed by atoms with van der Waals surface area (Å²) in [5.74, 6) is 0.630. The van der Waals surface area contributed by atoms with Gasteiger partial charge in [0.05, 0.1) is 20.3 Å². The maximum absolute atomic E-state index is 6.22. The van der Waals surface area contributed by atoms with E-state index in [1.54, 1.807) is 13.3 Å². The van der Waals surface area contributed by atoms with Crippen LogP contribution in [0.2, 0.25) is 0 Å². The zero-order valence-corrected chi connectivity index (χ0v) is 10.3. The number of pyridine rings is 1. The topological polar surface area (TPSA) is 57.4 Å². The summed E-state index contributed by atoms with van der Waals surface area (Å²) in [6.45, 7) is 1.13. The molecule has 0 spiro atoms. The van der Waals surface area contributed by atoms with Crippen molar-refractivity contribution in [3.8, 4) is 5.88 Å². The molecule has 17 heavy (non-hydrogen) atoms. The zero-order valence-electron chi connectivity index (χ0n) is 10.3. The molecular weight excluding hydrogens is 216 g/mol. The van der Waals surface area contributed by atoms with E-state index in [4.69, 9.17) is 15.2 Å². The molecule has 2 N–H and O–H groups in total. The number of nitrogens with two attached hydrogens (primary N) is 1. The fourth-order valence-electron chi connectivity index (χ4n) is 2.31. The SMILES string of the molecule is COc1ncccc1COCC1(N)CCCC1. The van der Waals surface area contributed by atoms with E-state index in [1.165, 1.54) is 12.8 Å². The number of hydrogen-bond donors (Lipinski definition) is 1. The average molecular weight is 236 g/mol. The number of aromatic nitrogens is 1. The Labute approximate surface area is 102 Å². The molecular formula is C13H20N2O2. The van der Waals surface area contributed by atoms with E-state index in [-0.39, 0.29) is 5.54 Å². The standard InChI is InChI=1S/C13H20N2O2/c1-16-12-11(5-4-8-15-12)9-17-10-13(14)6-2-3-7-13/h4-5,8H,2-3,6-7,9-10,14H2,1H3. The van der Waals surface area contributed by atoms with Crippen LogP contribution in [0, 0.1) is 0 Å². The van der Waals surface area contributed by atoms with Crippen molar-refractivity contribution in [2.75, 3.05) is 13.7 Å². The predicted octanol–water partition coefficient (Wildman–Crippen LogP) is 1.88. The van der Waals surface area contributed by atoms with Gasteiger partial charge in [-0.15, -0.1) is 0 Å². The monoisotopic (exact) mass is 236 g/mol. The van der Waals surface area contributed by atoms with E-state index >= 15 is 0 Å². The number of ether oxygens (including phenoxy) is 2. The molecule has 0 aromatic carbocycles. The van der Waals surface area contributed by atoms with Gasteiger partial charge in [0, 0.05) is 17.3 Å². The van der Waals surface area contributed by atoms with Crippen molar-refractivity contribution in [3.63, 3.8) is 0 Å². The molecule has 0 aliphatic heterocycles. The van der Waals surface area contributed by atoms with Crippen LogP contribution in [0.4, 0.5) is 0 Å². The van der Waals surface area contributed by atoms with Crippen LogP contribution in [0.25, 0.3) is 0 Å². The average Bonchev–Trinajstić information content (AvgIpc) is 2.77. The Bertz CT molecular complexity index is 362. The van der Waals surface area contributed by atoms with Crippen molar-refractivity contribution in [2.45, 2.75) is 37.8 Å². The zero-order chi connectivity index (χ0) is 12.1. The Balaban J connectivity index is 1.85. The van der Waals surface area contributed by atoms with E-state index in [0.29, 0.717) is 19.1 Å². The molecule has 2 rings (SSSR count). The van der Waals surface area contributed by atoms with Crippen LogP contribution in [0.5, 0.6) is 5.88 Å². The molecule has 0 amide bonds. The number of rotatable bonds is 5. The highest BCUT2D eigenvalue weighted by Crippen LogP contribution is 2.27. The van der Waals surface area contributed by atoms with Crippen molar-refractivity contribution in [3.05, 3.63) is 23.9 Å². The molecule has 0 radical (unpaired) electrons. The first-order chi connectivity index (χ1) is 8.23. The molecule has 1 saturated carbocycles. The minimum absolute atomic E-state index is 0.116. The molecule has 1 aromatic heterocycles. The summed E-state index contributed by atoms with van der Waals surface area (Å²) in [5.41, 5.74) is 7.08. The lowest BCUT2D eigenvalue weighted by atomic mass is 10.0. The Morgan fingerprint density at radius 1 is 1.41 bits per heavy atom. The molecule has 1 aliphatic carbocycles. The van der Waals surface area contributed by atoms with Crippen LogP contribution in [0.3, 0.4) is 0 Å². The van der Waals surface area contributed by atoms with Crippen LogP contribution < -0.4 is 10.5 Å². The Hall–Kier alpha value is -1.13. The van der Waals surface area contributed by atoms with Crippen molar-refractivity contribution in [1.29, 1.82) is 0 Å². The van der Waals surface area contributed by atoms with E-state index in [0.717, 1.165) is 18.4 Å². The third-order valence-corrected chi connectivity index (χ3v) is 3.29. The number of nitrogens with zero attached hydrogens (tertiary/aromatic N) is 1. The molecule has 1 fully saturated rings. The number of hydrogen-bond acceptors (Lipinski definition) is 4. The lowest BCUT2D eigenvalue weighted by Gasteiger charge is -2.23. The summed E-state index contributed by atoms with van der Waals surface area (Å²) in [6, 6.07) is 3.85. The summed E-state index contributed by atoms with van der Waals surface area (Å²) in [5, 5.41) is 0. The third kappa shape index (κ3) is 3.17. The molecule has 0 bridgehead atoms. The van der Waals surface area contributed by atoms with Gasteiger partial charge in [-0.05, 0) is 25.0 Å². The molecule has 0 saturated heterocycles. The molecule has 4 heteroatoms. The predicted molar refractivity (Wildman–Crippen MR) is 65.8 cm³/mol. The summed E-state index contributed by atoms with van der Waals surface area (Å²) >= 11 is 0. The van der Waals surface area contributed by atoms with Crippen molar-refractivity contribution in [1.82, 2.24) is 4.98 Å². The minimum Gasteiger partial charge on any atom is -0.481 e. The van der Waals surface area contributed by atoms with Crippen molar-refractivity contribution >= 4 is 0 Å². The van der Waals surface area contributed by atoms with E-state index in [1.807, 2.05) is 12.1 Å². The first-order valence-electron chi connectivity index (χ1n) is 6.08. The lowest BCUT2D eigenvalue weighted by molar-refractivity contribution is 0.0735. The lowest BCUT2D eigenvalue weighted by Crippen LogP contribution is -2.41. The fourth-order valence-corrected chi connectivity index (χ4v) is 2.31. The van der Waals surface area contributed by atoms with Crippen LogP contribution in [0.15, 0.2) is 18.3 Å². The van der Waals surface area contributed by atoms with Gasteiger partial charge in [-0.2, -0.15) is 0 Å². The smallest absolute Gasteiger partial charge is 0.218 e. The van der Waals surface area contributed by atoms with Crippen molar-refractivity contribution < 1.29 is 9.47 Å². The normalized spacial score (nSPS) is 18.2. The first-order valence-corrected chi connectivity index (χ1v) is 6.08. The van der Waals surface area contributed by atoms with Gasteiger partial charge >= 0.3 is 0 Å². The van der Waals surface area contributed by atoms with Gasteiger partial charge in [0.1, 0.15) is 0 Å². The minimum atomic E-state index is -0.116. The summed E-state index contributed by atoms with van der Waals surface area (Å²) in [4.78, 5) is 4.13. The van der Waals surface area contributed by atoms with Gasteiger partial charge in [-0.25, -0.2) is 4.98 Å². The second-order valence-electron chi connectivity index (χ2n) is 4.73. The highest BCUT2D eigenvalue weighted by atomic mass is 16.5. The molecule has 1 aromatic rings. The fraction of sp³-hybridized carbons (Fsp3) is 0.615. The van der Waals surface area contributed by atoms with Gasteiger partial charge in [0.2, 0.25) is 5.88 Å². The highest BCUT2D eigenvalue weighted by Gasteiger charge is 2.29. The molecule has 1 heterocycles. The van der Waals surface area contributed by atoms with Gasteiger partial charge in [0.15, 0.2) is 0 Å². The molecule has 1 aliphatic rings. The first kappa shape index (κ1) is 12.3. The number of methoxy groups -OCH3 is 1. The van der Waals surface area contributed by atoms with E-state index in [2.05, 4.69) is 4.98 Å². The second-order valence-corrected chi connectivity index (χ2v) is 4.73. The van der Waals surface area contributed by atoms with Gasteiger partial charge in [-0.3, -0.25) is 0 Å². The van der Waals surface area contributed by atoms with Gasteiger partial charge in [-0.1, -0.05) is 12.8 Å². The molecule has 0 atom stereocenters. The van der Waals surface area contributed by atoms with Crippen LogP contribution in [-0.2, 0) is 11.3 Å². The van der Waals surface area contributed by atoms with Crippen LogP contribution in [0.1, 0.15) is 31.2 Å². The third-order valence-electron chi connectivity index (χ3n) is 3.29. The molecule has 4 nitrogen and oxygen atoms in total. The van der Waals surface area contributed by atoms with Gasteiger partial charge in [0.25, 0.3) is 0 Å². The maximum Gasteiger partial charge on any atom is 0.218 e. The van der Waals surface area contributed by atoms with Crippen LogP contribution in [-0.4, -0.2) is 24.2 Å². The Kier molecular flexibility index (Phi) is 3.97. The quantitative estimate of drug-likeness (QED) is 0.848. The Morgan fingerprint density at radius 3 is 2.88 bits per heavy atom. The van der Waals surface area contributed by atoms with Crippen LogP contribution >= 0.6 is 0 Å². The summed E-state index contributed by atoms with van der Waals surface area (Å²) < 4.78 is 10.9. The van der Waals surface area contributed by atoms with E-state index < -0.39 is 0 Å². The molecule has 0 unspecified atom stereocenters. The Morgan fingerprint density at radius 2 is 2.18 bits per heavy atom. The van der Waals surface area contributed by atoms with Crippen molar-refractivity contribution in [2.24, 2.45) is 5.73 Å². The summed E-state index contributed by atoms with van der Waals surface area (Å²) in [6.07, 6.45) is 6.28. The van der Waals surface area contributed by atoms with Gasteiger partial charge < -0.3 is 15.2 Å². The highest BCUT2D eigenvalue weighted by molar-refractivity contribution is 5.24. The summed E-state index contributed by atoms with van der Waals surface area (Å²) in [7, 11) is 1.62. The molecule has 94 valence electrons. The largest absolute Gasteiger partial charge is 0.481 e. The second kappa shape index (κ2) is 5.47. The van der Waals surface area contributed by atoms with E-state index in [9.17, 15) is 0 Å².